The van der Waals surface area contributed by atoms with Crippen molar-refractivity contribution in [3.05, 3.63) is 29.6 Å². The molecular formula is C17H25NO. The van der Waals surface area contributed by atoms with Crippen LogP contribution in [0, 0.1) is 18.3 Å². The van der Waals surface area contributed by atoms with Gasteiger partial charge in [0.05, 0.1) is 5.69 Å². The lowest BCUT2D eigenvalue weighted by molar-refractivity contribution is -0.128. The highest BCUT2D eigenvalue weighted by Gasteiger charge is 2.40. The molecule has 0 N–H and O–H groups in total. The Bertz CT molecular complexity index is 444. The number of hydrogen-bond donors (Lipinski definition) is 0. The molecule has 0 aliphatic heterocycles. The molecule has 0 bridgehead atoms. The lowest BCUT2D eigenvalue weighted by Crippen LogP contribution is -2.31. The van der Waals surface area contributed by atoms with Crippen molar-refractivity contribution in [3.63, 3.8) is 0 Å². The van der Waals surface area contributed by atoms with Gasteiger partial charge in [0.25, 0.3) is 0 Å². The van der Waals surface area contributed by atoms with Crippen molar-refractivity contribution in [3.8, 4) is 0 Å². The first-order chi connectivity index (χ1) is 9.03. The first-order valence-electron chi connectivity index (χ1n) is 7.47. The Hall–Kier alpha value is -1.18. The largest absolute Gasteiger partial charge is 0.299 e. The summed E-state index contributed by atoms with van der Waals surface area (Å²) in [5.74, 6) is 1.01. The van der Waals surface area contributed by atoms with Crippen molar-refractivity contribution in [2.45, 2.75) is 59.3 Å². The fourth-order valence-corrected chi connectivity index (χ4v) is 3.47. The Morgan fingerprint density at radius 2 is 2.05 bits per heavy atom. The van der Waals surface area contributed by atoms with Gasteiger partial charge in [0.1, 0.15) is 5.78 Å². The molecule has 104 valence electrons. The van der Waals surface area contributed by atoms with E-state index in [0.717, 1.165) is 30.5 Å². The van der Waals surface area contributed by atoms with E-state index >= 15 is 0 Å². The Balaban J connectivity index is 2.15. The summed E-state index contributed by atoms with van der Waals surface area (Å²) in [6, 6.07) is 3.97. The van der Waals surface area contributed by atoms with Gasteiger partial charge in [-0.3, -0.25) is 9.78 Å². The van der Waals surface area contributed by atoms with E-state index < -0.39 is 0 Å². The topological polar surface area (TPSA) is 30.0 Å². The van der Waals surface area contributed by atoms with E-state index in [2.05, 4.69) is 18.8 Å². The molecular weight excluding hydrogens is 234 g/mol. The highest BCUT2D eigenvalue weighted by molar-refractivity contribution is 5.87. The number of nitrogens with zero attached hydrogens (tertiary/aromatic N) is 1. The summed E-state index contributed by atoms with van der Waals surface area (Å²) in [4.78, 5) is 17.2. The van der Waals surface area contributed by atoms with Crippen LogP contribution in [0.4, 0.5) is 0 Å². The smallest absolute Gasteiger partial charge is 0.144 e. The number of aromatic nitrogens is 1. The molecule has 1 heterocycles. The molecule has 0 atom stereocenters. The average molecular weight is 259 g/mol. The van der Waals surface area contributed by atoms with E-state index in [1.165, 1.54) is 12.8 Å². The zero-order valence-corrected chi connectivity index (χ0v) is 12.4. The van der Waals surface area contributed by atoms with E-state index in [4.69, 9.17) is 0 Å². The number of rotatable bonds is 5. The van der Waals surface area contributed by atoms with Crippen molar-refractivity contribution in [1.29, 1.82) is 0 Å². The van der Waals surface area contributed by atoms with Gasteiger partial charge in [0.15, 0.2) is 0 Å². The monoisotopic (exact) mass is 259 g/mol. The Labute approximate surface area is 116 Å². The van der Waals surface area contributed by atoms with Crippen LogP contribution >= 0.6 is 0 Å². The highest BCUT2D eigenvalue weighted by Crippen LogP contribution is 2.44. The lowest BCUT2D eigenvalue weighted by atomic mass is 9.73. The van der Waals surface area contributed by atoms with Gasteiger partial charge in [0.2, 0.25) is 0 Å². The molecule has 1 aliphatic carbocycles. The predicted molar refractivity (Wildman–Crippen MR) is 78.0 cm³/mol. The second-order valence-corrected chi connectivity index (χ2v) is 6.45. The first-order valence-corrected chi connectivity index (χ1v) is 7.47. The second-order valence-electron chi connectivity index (χ2n) is 6.45. The van der Waals surface area contributed by atoms with Crippen molar-refractivity contribution in [1.82, 2.24) is 4.98 Å². The van der Waals surface area contributed by atoms with Gasteiger partial charge < -0.3 is 0 Å². The summed E-state index contributed by atoms with van der Waals surface area (Å²) in [5, 5.41) is 0. The van der Waals surface area contributed by atoms with Gasteiger partial charge in [-0.2, -0.15) is 0 Å². The molecule has 1 aromatic heterocycles. The van der Waals surface area contributed by atoms with Crippen molar-refractivity contribution >= 4 is 5.78 Å². The molecule has 2 rings (SSSR count). The molecule has 19 heavy (non-hydrogen) atoms. The number of hydrogen-bond acceptors (Lipinski definition) is 2. The van der Waals surface area contributed by atoms with Crippen molar-refractivity contribution in [2.75, 3.05) is 0 Å². The summed E-state index contributed by atoms with van der Waals surface area (Å²) >= 11 is 0. The number of pyridine rings is 1. The fraction of sp³-hybridized carbons (Fsp3) is 0.647. The van der Waals surface area contributed by atoms with Gasteiger partial charge in [0, 0.05) is 18.0 Å². The van der Waals surface area contributed by atoms with Gasteiger partial charge in [-0.05, 0) is 43.7 Å². The molecule has 1 saturated carbocycles. The van der Waals surface area contributed by atoms with Crippen LogP contribution in [0.3, 0.4) is 0 Å². The molecule has 0 radical (unpaired) electrons. The third kappa shape index (κ3) is 3.23. The summed E-state index contributed by atoms with van der Waals surface area (Å²) in [5.41, 5.74) is 2.04. The molecule has 0 unspecified atom stereocenters. The molecule has 0 spiro atoms. The van der Waals surface area contributed by atoms with Crippen LogP contribution in [-0.2, 0) is 11.2 Å². The molecule has 1 aromatic rings. The van der Waals surface area contributed by atoms with E-state index in [9.17, 15) is 4.79 Å². The molecule has 1 fully saturated rings. The molecule has 2 heteroatoms. The minimum atomic E-state index is -0.0574. The van der Waals surface area contributed by atoms with Crippen LogP contribution in [-0.4, -0.2) is 10.8 Å². The highest BCUT2D eigenvalue weighted by atomic mass is 16.1. The molecule has 0 aromatic carbocycles. The standard InChI is InChI=1S/C17H25NO/c1-13(2)12-17(8-4-5-9-17)16(19)11-15-14(3)7-6-10-18-15/h6-7,10,13H,4-5,8-9,11-12H2,1-3H3. The third-order valence-electron chi connectivity index (χ3n) is 4.40. The number of ketones is 1. The summed E-state index contributed by atoms with van der Waals surface area (Å²) < 4.78 is 0. The van der Waals surface area contributed by atoms with Gasteiger partial charge in [-0.15, -0.1) is 0 Å². The second kappa shape index (κ2) is 5.85. The van der Waals surface area contributed by atoms with Crippen LogP contribution in [0.5, 0.6) is 0 Å². The molecule has 0 saturated heterocycles. The maximum atomic E-state index is 12.8. The zero-order chi connectivity index (χ0) is 13.9. The molecule has 1 aliphatic rings. The quantitative estimate of drug-likeness (QED) is 0.796. The zero-order valence-electron chi connectivity index (χ0n) is 12.4. The average Bonchev–Trinajstić information content (AvgIpc) is 2.81. The Kier molecular flexibility index (Phi) is 4.38. The van der Waals surface area contributed by atoms with Gasteiger partial charge in [-0.25, -0.2) is 0 Å². The van der Waals surface area contributed by atoms with E-state index in [-0.39, 0.29) is 5.41 Å². The van der Waals surface area contributed by atoms with E-state index in [0.29, 0.717) is 18.1 Å². The normalized spacial score (nSPS) is 17.9. The SMILES string of the molecule is Cc1cccnc1CC(=O)C1(CC(C)C)CCCC1. The van der Waals surface area contributed by atoms with Crippen LogP contribution in [0.2, 0.25) is 0 Å². The Morgan fingerprint density at radius 1 is 1.37 bits per heavy atom. The first kappa shape index (κ1) is 14.2. The van der Waals surface area contributed by atoms with E-state index in [1.54, 1.807) is 6.20 Å². The number of aryl methyl sites for hydroxylation is 1. The minimum absolute atomic E-state index is 0.0574. The number of carbonyl (C=O) groups excluding carboxylic acids is 1. The van der Waals surface area contributed by atoms with E-state index in [1.807, 2.05) is 19.1 Å². The van der Waals surface area contributed by atoms with Crippen LogP contribution in [0.1, 0.15) is 57.2 Å². The maximum Gasteiger partial charge on any atom is 0.144 e. The van der Waals surface area contributed by atoms with Gasteiger partial charge >= 0.3 is 0 Å². The van der Waals surface area contributed by atoms with Crippen LogP contribution < -0.4 is 0 Å². The predicted octanol–water partition coefficient (Wildman–Crippen LogP) is 4.11. The van der Waals surface area contributed by atoms with Crippen LogP contribution in [0.25, 0.3) is 0 Å². The molecule has 0 amide bonds. The minimum Gasteiger partial charge on any atom is -0.299 e. The summed E-state index contributed by atoms with van der Waals surface area (Å²) in [6.45, 7) is 6.48. The van der Waals surface area contributed by atoms with Crippen LogP contribution in [0.15, 0.2) is 18.3 Å². The van der Waals surface area contributed by atoms with Crippen molar-refractivity contribution in [2.24, 2.45) is 11.3 Å². The number of Topliss-reactive ketones (excluding diaryl/α,β-unsaturated/α-hetero) is 1. The van der Waals surface area contributed by atoms with Crippen molar-refractivity contribution < 1.29 is 4.79 Å². The number of carbonyl (C=O) groups is 1. The van der Waals surface area contributed by atoms with Gasteiger partial charge in [-0.1, -0.05) is 32.8 Å². The fourth-order valence-electron chi connectivity index (χ4n) is 3.47. The Morgan fingerprint density at radius 3 is 2.63 bits per heavy atom. The molecule has 2 nitrogen and oxygen atoms in total. The lowest BCUT2D eigenvalue weighted by Gasteiger charge is -2.29. The third-order valence-corrected chi connectivity index (χ3v) is 4.40. The maximum absolute atomic E-state index is 12.8. The summed E-state index contributed by atoms with van der Waals surface area (Å²) in [6.07, 6.45) is 7.92. The summed E-state index contributed by atoms with van der Waals surface area (Å²) in [7, 11) is 0.